The largest absolute Gasteiger partial charge is 0.436 e. The highest BCUT2D eigenvalue weighted by Gasteiger charge is 2.85. The van der Waals surface area contributed by atoms with Crippen molar-refractivity contribution in [1.29, 1.82) is 0 Å². The van der Waals surface area contributed by atoms with Gasteiger partial charge in [-0.2, -0.15) is 61.5 Å². The normalized spacial score (nSPS) is 23.3. The minimum Gasteiger partial charge on any atom is -0.218 e. The van der Waals surface area contributed by atoms with Crippen molar-refractivity contribution in [2.75, 3.05) is 0 Å². The van der Waals surface area contributed by atoms with Crippen molar-refractivity contribution >= 4 is 0 Å². The summed E-state index contributed by atoms with van der Waals surface area (Å²) in [5.74, 6) is -26.4. The van der Waals surface area contributed by atoms with Gasteiger partial charge < -0.3 is 0 Å². The quantitative estimate of drug-likeness (QED) is 0.446. The van der Waals surface area contributed by atoms with Crippen LogP contribution in [0.3, 0.4) is 0 Å². The molecule has 1 rings (SSSR count). The lowest BCUT2D eigenvalue weighted by atomic mass is 9.76. The lowest BCUT2D eigenvalue weighted by molar-refractivity contribution is -0.335. The maximum Gasteiger partial charge on any atom is 0.436 e. The van der Waals surface area contributed by atoms with Gasteiger partial charge in [0.2, 0.25) is 0 Å². The second kappa shape index (κ2) is 5.43. The Morgan fingerprint density at radius 3 is 1.27 bits per heavy atom. The Morgan fingerprint density at radius 2 is 1.00 bits per heavy atom. The zero-order valence-electron chi connectivity index (χ0n) is 11.0. The molecule has 0 radical (unpaired) electrons. The SMILES string of the molecule is FC(F)=C1C(C(F)(C(F)(F)F)C(F)(F)F)=C(F)C(F)(F)C(F)(F)C1(F)F. The van der Waals surface area contributed by atoms with Crippen LogP contribution in [0.25, 0.3) is 0 Å². The Labute approximate surface area is 130 Å². The van der Waals surface area contributed by atoms with Gasteiger partial charge >= 0.3 is 35.8 Å². The number of alkyl halides is 13. The molecule has 152 valence electrons. The fourth-order valence-corrected chi connectivity index (χ4v) is 1.90. The highest BCUT2D eigenvalue weighted by Crippen LogP contribution is 2.65. The van der Waals surface area contributed by atoms with Gasteiger partial charge in [-0.1, -0.05) is 0 Å². The van der Waals surface area contributed by atoms with Crippen molar-refractivity contribution in [2.45, 2.75) is 35.8 Å². The molecular formula is C10F16. The Balaban J connectivity index is 4.25. The minimum atomic E-state index is -7.61. The Bertz CT molecular complexity index is 637. The van der Waals surface area contributed by atoms with Gasteiger partial charge in [0.25, 0.3) is 6.08 Å². The molecule has 0 aromatic carbocycles. The van der Waals surface area contributed by atoms with Crippen LogP contribution in [0.5, 0.6) is 0 Å². The number of hydrogen-bond acceptors (Lipinski definition) is 0. The summed E-state index contributed by atoms with van der Waals surface area (Å²) >= 11 is 0. The van der Waals surface area contributed by atoms with Crippen LogP contribution in [-0.2, 0) is 0 Å². The van der Waals surface area contributed by atoms with Crippen LogP contribution in [0.2, 0.25) is 0 Å². The van der Waals surface area contributed by atoms with Gasteiger partial charge in [0.05, 0.1) is 5.57 Å². The third kappa shape index (κ3) is 2.46. The third-order valence-corrected chi connectivity index (χ3v) is 3.16. The summed E-state index contributed by atoms with van der Waals surface area (Å²) in [6.45, 7) is 0. The average molecular weight is 424 g/mol. The van der Waals surface area contributed by atoms with Crippen molar-refractivity contribution in [3.63, 3.8) is 0 Å². The molecule has 0 amide bonds. The standard InChI is InChI=1S/C10F16/c11-3-1(5(14,9(21,22)23)10(24,25)26)2(4(12)13)6(15,16)8(19,20)7(3,17)18. The van der Waals surface area contributed by atoms with Crippen molar-refractivity contribution < 1.29 is 70.2 Å². The van der Waals surface area contributed by atoms with Crippen LogP contribution in [-0.4, -0.2) is 35.8 Å². The molecule has 0 aliphatic heterocycles. The highest BCUT2D eigenvalue weighted by atomic mass is 19.4. The van der Waals surface area contributed by atoms with E-state index in [1.54, 1.807) is 0 Å². The first-order valence-electron chi connectivity index (χ1n) is 5.52. The molecule has 0 saturated carbocycles. The molecule has 0 atom stereocenters. The Morgan fingerprint density at radius 1 is 0.654 bits per heavy atom. The smallest absolute Gasteiger partial charge is 0.218 e. The van der Waals surface area contributed by atoms with Crippen LogP contribution in [0, 0.1) is 0 Å². The van der Waals surface area contributed by atoms with E-state index in [-0.39, 0.29) is 0 Å². The molecule has 0 aromatic heterocycles. The molecule has 0 spiro atoms. The maximum atomic E-state index is 13.7. The number of hydrogen-bond donors (Lipinski definition) is 0. The Hall–Kier alpha value is -1.64. The molecule has 1 aliphatic carbocycles. The fraction of sp³-hybridized carbons (Fsp3) is 0.600. The zero-order chi connectivity index (χ0) is 21.3. The van der Waals surface area contributed by atoms with Crippen molar-refractivity contribution in [1.82, 2.24) is 0 Å². The molecule has 0 aromatic rings. The zero-order valence-corrected chi connectivity index (χ0v) is 11.0. The lowest BCUT2D eigenvalue weighted by Gasteiger charge is -2.42. The maximum absolute atomic E-state index is 13.7. The van der Waals surface area contributed by atoms with Crippen molar-refractivity contribution in [3.05, 3.63) is 23.1 Å². The van der Waals surface area contributed by atoms with Gasteiger partial charge in [0.15, 0.2) is 5.83 Å². The second-order valence-corrected chi connectivity index (χ2v) is 4.70. The van der Waals surface area contributed by atoms with Crippen LogP contribution >= 0.6 is 0 Å². The van der Waals surface area contributed by atoms with Gasteiger partial charge in [0.1, 0.15) is 5.57 Å². The van der Waals surface area contributed by atoms with Gasteiger partial charge in [-0.15, -0.1) is 0 Å². The topological polar surface area (TPSA) is 0 Å². The van der Waals surface area contributed by atoms with E-state index in [9.17, 15) is 70.2 Å². The van der Waals surface area contributed by atoms with E-state index in [0.29, 0.717) is 0 Å². The van der Waals surface area contributed by atoms with Crippen LogP contribution in [0.1, 0.15) is 0 Å². The van der Waals surface area contributed by atoms with Gasteiger partial charge in [0, 0.05) is 0 Å². The van der Waals surface area contributed by atoms with E-state index in [1.807, 2.05) is 0 Å². The fourth-order valence-electron chi connectivity index (χ4n) is 1.90. The molecule has 0 N–H and O–H groups in total. The second-order valence-electron chi connectivity index (χ2n) is 4.70. The molecule has 26 heavy (non-hydrogen) atoms. The molecule has 16 heteroatoms. The summed E-state index contributed by atoms with van der Waals surface area (Å²) < 4.78 is 205. The van der Waals surface area contributed by atoms with Crippen molar-refractivity contribution in [3.8, 4) is 0 Å². The number of allylic oxidation sites excluding steroid dienone is 3. The van der Waals surface area contributed by atoms with Crippen molar-refractivity contribution in [2.24, 2.45) is 0 Å². The first-order valence-corrected chi connectivity index (χ1v) is 5.52. The summed E-state index contributed by atoms with van der Waals surface area (Å²) in [4.78, 5) is 0. The van der Waals surface area contributed by atoms with Gasteiger partial charge in [-0.3, -0.25) is 0 Å². The summed E-state index contributed by atoms with van der Waals surface area (Å²) in [5, 5.41) is 0. The predicted molar refractivity (Wildman–Crippen MR) is 48.2 cm³/mol. The first kappa shape index (κ1) is 22.4. The average Bonchev–Trinajstić information content (AvgIpc) is 2.37. The minimum absolute atomic E-state index is 4.48. The first-order chi connectivity index (χ1) is 11.1. The molecule has 0 fully saturated rings. The van der Waals surface area contributed by atoms with E-state index in [4.69, 9.17) is 0 Å². The van der Waals surface area contributed by atoms with Crippen LogP contribution in [0.4, 0.5) is 70.2 Å². The molecule has 0 unspecified atom stereocenters. The number of rotatable bonds is 1. The summed E-state index contributed by atoms with van der Waals surface area (Å²) in [5.41, 5.74) is -16.7. The van der Waals surface area contributed by atoms with E-state index in [1.165, 1.54) is 0 Å². The molecule has 0 saturated heterocycles. The summed E-state index contributed by atoms with van der Waals surface area (Å²) in [7, 11) is 0. The number of halogens is 16. The van der Waals surface area contributed by atoms with Crippen LogP contribution < -0.4 is 0 Å². The van der Waals surface area contributed by atoms with Crippen LogP contribution in [0.15, 0.2) is 23.1 Å². The molecule has 0 bridgehead atoms. The van der Waals surface area contributed by atoms with Gasteiger partial charge in [-0.05, 0) is 0 Å². The molecule has 0 nitrogen and oxygen atoms in total. The van der Waals surface area contributed by atoms with E-state index in [2.05, 4.69) is 0 Å². The lowest BCUT2D eigenvalue weighted by Crippen LogP contribution is -2.64. The highest BCUT2D eigenvalue weighted by molar-refractivity contribution is 5.54. The summed E-state index contributed by atoms with van der Waals surface area (Å²) in [6, 6.07) is 0. The Kier molecular flexibility index (Phi) is 4.68. The third-order valence-electron chi connectivity index (χ3n) is 3.16. The van der Waals surface area contributed by atoms with E-state index >= 15 is 0 Å². The summed E-state index contributed by atoms with van der Waals surface area (Å²) in [6.07, 6.45) is -19.8. The van der Waals surface area contributed by atoms with E-state index < -0.39 is 58.8 Å². The predicted octanol–water partition coefficient (Wildman–Crippen LogP) is 6.11. The molecule has 0 heterocycles. The monoisotopic (exact) mass is 424 g/mol. The molecular weight excluding hydrogens is 424 g/mol. The van der Waals surface area contributed by atoms with Gasteiger partial charge in [-0.25, -0.2) is 8.78 Å². The van der Waals surface area contributed by atoms with E-state index in [0.717, 1.165) is 0 Å². The molecule has 1 aliphatic rings.